The van der Waals surface area contributed by atoms with Gasteiger partial charge in [0, 0.05) is 24.5 Å². The van der Waals surface area contributed by atoms with Gasteiger partial charge in [0.1, 0.15) is 0 Å². The number of benzene rings is 1. The Bertz CT molecular complexity index is 334. The van der Waals surface area contributed by atoms with Crippen molar-refractivity contribution in [2.75, 3.05) is 19.0 Å². The molecule has 0 N–H and O–H groups in total. The van der Waals surface area contributed by atoms with Crippen LogP contribution in [0.1, 0.15) is 29.8 Å². The highest BCUT2D eigenvalue weighted by Crippen LogP contribution is 2.08. The van der Waals surface area contributed by atoms with Gasteiger partial charge in [-0.15, -0.1) is 11.6 Å². The highest BCUT2D eigenvalue weighted by atomic mass is 35.5. The van der Waals surface area contributed by atoms with E-state index in [9.17, 15) is 4.79 Å². The van der Waals surface area contributed by atoms with Crippen LogP contribution in [-0.4, -0.2) is 29.8 Å². The Labute approximate surface area is 102 Å². The first-order valence-corrected chi connectivity index (χ1v) is 6.20. The van der Waals surface area contributed by atoms with E-state index in [1.165, 1.54) is 5.56 Å². The molecule has 1 rings (SSSR count). The van der Waals surface area contributed by atoms with E-state index in [1.54, 1.807) is 4.90 Å². The molecule has 16 heavy (non-hydrogen) atoms. The number of halogens is 1. The van der Waals surface area contributed by atoms with Crippen molar-refractivity contribution in [1.82, 2.24) is 4.90 Å². The predicted octanol–water partition coefficient (Wildman–Crippen LogP) is 2.95. The number of nitrogens with zero attached hydrogens (tertiary/aromatic N) is 1. The maximum Gasteiger partial charge on any atom is 0.253 e. The Hall–Kier alpha value is -1.02. The molecule has 0 aliphatic heterocycles. The van der Waals surface area contributed by atoms with Crippen LogP contribution >= 0.6 is 11.6 Å². The minimum Gasteiger partial charge on any atom is -0.338 e. The Morgan fingerprint density at radius 1 is 1.25 bits per heavy atom. The zero-order valence-corrected chi connectivity index (χ0v) is 10.6. The van der Waals surface area contributed by atoms with Gasteiger partial charge in [0.2, 0.25) is 0 Å². The first-order chi connectivity index (χ1) is 7.72. The Morgan fingerprint density at radius 3 is 2.31 bits per heavy atom. The maximum atomic E-state index is 12.0. The second kappa shape index (κ2) is 6.54. The zero-order chi connectivity index (χ0) is 12.0. The molecule has 1 aromatic rings. The predicted molar refractivity (Wildman–Crippen MR) is 68.1 cm³/mol. The largest absolute Gasteiger partial charge is 0.338 e. The summed E-state index contributed by atoms with van der Waals surface area (Å²) in [5.41, 5.74) is 1.99. The quantitative estimate of drug-likeness (QED) is 0.724. The van der Waals surface area contributed by atoms with Crippen molar-refractivity contribution in [3.63, 3.8) is 0 Å². The van der Waals surface area contributed by atoms with Crippen molar-refractivity contribution < 1.29 is 4.79 Å². The number of carbonyl (C=O) groups excluding carboxylic acids is 1. The van der Waals surface area contributed by atoms with Crippen LogP contribution in [0.2, 0.25) is 0 Å². The third-order valence-electron chi connectivity index (χ3n) is 2.63. The first-order valence-electron chi connectivity index (χ1n) is 5.67. The van der Waals surface area contributed by atoms with Crippen LogP contribution < -0.4 is 0 Å². The molecule has 0 aliphatic rings. The molecule has 0 unspecified atom stereocenters. The lowest BCUT2D eigenvalue weighted by molar-refractivity contribution is 0.0774. The smallest absolute Gasteiger partial charge is 0.253 e. The molecular formula is C13H18ClNO. The van der Waals surface area contributed by atoms with Gasteiger partial charge in [-0.2, -0.15) is 0 Å². The highest BCUT2D eigenvalue weighted by molar-refractivity contribution is 6.18. The summed E-state index contributed by atoms with van der Waals surface area (Å²) in [6.07, 6.45) is 0.994. The summed E-state index contributed by atoms with van der Waals surface area (Å²) in [5, 5.41) is 0. The van der Waals surface area contributed by atoms with Crippen molar-refractivity contribution in [1.29, 1.82) is 0 Å². The molecule has 1 amide bonds. The van der Waals surface area contributed by atoms with Gasteiger partial charge in [0.05, 0.1) is 0 Å². The molecule has 0 heterocycles. The number of carbonyl (C=O) groups is 1. The van der Waals surface area contributed by atoms with E-state index in [-0.39, 0.29) is 5.91 Å². The summed E-state index contributed by atoms with van der Waals surface area (Å²) in [4.78, 5) is 13.8. The Kier molecular flexibility index (Phi) is 5.33. The number of amides is 1. The fourth-order valence-corrected chi connectivity index (χ4v) is 1.77. The van der Waals surface area contributed by atoms with Crippen LogP contribution in [0.4, 0.5) is 0 Å². The minimum atomic E-state index is 0.0609. The van der Waals surface area contributed by atoms with E-state index in [1.807, 2.05) is 31.2 Å². The fraction of sp³-hybridized carbons (Fsp3) is 0.462. The van der Waals surface area contributed by atoms with Crippen molar-refractivity contribution >= 4 is 17.5 Å². The van der Waals surface area contributed by atoms with Crippen LogP contribution in [0.15, 0.2) is 24.3 Å². The second-order valence-corrected chi connectivity index (χ2v) is 4.00. The Morgan fingerprint density at radius 2 is 1.88 bits per heavy atom. The topological polar surface area (TPSA) is 20.3 Å². The molecule has 3 heteroatoms. The Balaban J connectivity index is 2.78. The lowest BCUT2D eigenvalue weighted by Crippen LogP contribution is -2.32. The monoisotopic (exact) mass is 239 g/mol. The molecule has 0 atom stereocenters. The highest BCUT2D eigenvalue weighted by Gasteiger charge is 2.12. The molecule has 0 aliphatic carbocycles. The average Bonchev–Trinajstić information content (AvgIpc) is 2.35. The summed E-state index contributed by atoms with van der Waals surface area (Å²) < 4.78 is 0. The zero-order valence-electron chi connectivity index (χ0n) is 9.87. The number of alkyl halides is 1. The maximum absolute atomic E-state index is 12.0. The van der Waals surface area contributed by atoms with Gasteiger partial charge in [-0.25, -0.2) is 0 Å². The van der Waals surface area contributed by atoms with Gasteiger partial charge < -0.3 is 4.90 Å². The van der Waals surface area contributed by atoms with Gasteiger partial charge >= 0.3 is 0 Å². The lowest BCUT2D eigenvalue weighted by atomic mass is 10.1. The molecule has 0 radical (unpaired) electrons. The van der Waals surface area contributed by atoms with Crippen molar-refractivity contribution in [3.05, 3.63) is 35.4 Å². The van der Waals surface area contributed by atoms with E-state index in [0.29, 0.717) is 19.0 Å². The first kappa shape index (κ1) is 13.0. The minimum absolute atomic E-state index is 0.0609. The van der Waals surface area contributed by atoms with Gasteiger partial charge in [-0.1, -0.05) is 19.1 Å². The van der Waals surface area contributed by atoms with Crippen LogP contribution in [0.3, 0.4) is 0 Å². The van der Waals surface area contributed by atoms with E-state index >= 15 is 0 Å². The average molecular weight is 240 g/mol. The standard InChI is InChI=1S/C13H18ClNO/c1-3-11-5-7-12(8-6-11)13(16)15(4-2)10-9-14/h5-8H,3-4,9-10H2,1-2H3. The summed E-state index contributed by atoms with van der Waals surface area (Å²) >= 11 is 5.66. The number of aryl methyl sites for hydroxylation is 1. The van der Waals surface area contributed by atoms with Crippen molar-refractivity contribution in [3.8, 4) is 0 Å². The van der Waals surface area contributed by atoms with E-state index in [0.717, 1.165) is 12.0 Å². The van der Waals surface area contributed by atoms with Crippen LogP contribution in [0.5, 0.6) is 0 Å². The van der Waals surface area contributed by atoms with E-state index in [4.69, 9.17) is 11.6 Å². The van der Waals surface area contributed by atoms with Crippen LogP contribution in [-0.2, 0) is 6.42 Å². The molecule has 0 saturated carbocycles. The molecule has 0 fully saturated rings. The van der Waals surface area contributed by atoms with E-state index in [2.05, 4.69) is 6.92 Å². The summed E-state index contributed by atoms with van der Waals surface area (Å²) in [6.45, 7) is 5.36. The molecule has 88 valence electrons. The SMILES string of the molecule is CCc1ccc(C(=O)N(CC)CCCl)cc1. The van der Waals surface area contributed by atoms with Crippen LogP contribution in [0, 0.1) is 0 Å². The number of hydrogen-bond donors (Lipinski definition) is 0. The molecule has 0 saturated heterocycles. The van der Waals surface area contributed by atoms with Crippen LogP contribution in [0.25, 0.3) is 0 Å². The summed E-state index contributed by atoms with van der Waals surface area (Å²) in [5.74, 6) is 0.540. The molecule has 2 nitrogen and oxygen atoms in total. The third-order valence-corrected chi connectivity index (χ3v) is 2.80. The lowest BCUT2D eigenvalue weighted by Gasteiger charge is -2.19. The van der Waals surface area contributed by atoms with Gasteiger partial charge in [0.15, 0.2) is 0 Å². The van der Waals surface area contributed by atoms with Gasteiger partial charge in [-0.3, -0.25) is 4.79 Å². The van der Waals surface area contributed by atoms with Crippen molar-refractivity contribution in [2.24, 2.45) is 0 Å². The second-order valence-electron chi connectivity index (χ2n) is 3.62. The molecule has 0 spiro atoms. The van der Waals surface area contributed by atoms with Gasteiger partial charge in [0.25, 0.3) is 5.91 Å². The summed E-state index contributed by atoms with van der Waals surface area (Å²) in [6, 6.07) is 7.78. The normalized spacial score (nSPS) is 10.2. The fourth-order valence-electron chi connectivity index (χ4n) is 1.57. The number of hydrogen-bond acceptors (Lipinski definition) is 1. The number of rotatable bonds is 5. The third kappa shape index (κ3) is 3.24. The molecule has 0 bridgehead atoms. The van der Waals surface area contributed by atoms with Gasteiger partial charge in [-0.05, 0) is 31.0 Å². The van der Waals surface area contributed by atoms with Crippen molar-refractivity contribution in [2.45, 2.75) is 20.3 Å². The molecule has 1 aromatic carbocycles. The molecular weight excluding hydrogens is 222 g/mol. The van der Waals surface area contributed by atoms with E-state index < -0.39 is 0 Å². The summed E-state index contributed by atoms with van der Waals surface area (Å²) in [7, 11) is 0. The molecule has 0 aromatic heterocycles.